The van der Waals surface area contributed by atoms with Gasteiger partial charge in [0.05, 0.1) is 23.1 Å². The van der Waals surface area contributed by atoms with Gasteiger partial charge in [0, 0.05) is 5.02 Å². The van der Waals surface area contributed by atoms with Crippen LogP contribution < -0.4 is 5.32 Å². The Kier molecular flexibility index (Phi) is 5.05. The first-order valence-electron chi connectivity index (χ1n) is 7.18. The lowest BCUT2D eigenvalue weighted by Crippen LogP contribution is -2.38. The lowest BCUT2D eigenvalue weighted by Gasteiger charge is -2.14. The van der Waals surface area contributed by atoms with Crippen molar-refractivity contribution in [2.24, 2.45) is 0 Å². The monoisotopic (exact) mass is 335 g/mol. The van der Waals surface area contributed by atoms with Gasteiger partial charge >= 0.3 is 5.97 Å². The van der Waals surface area contributed by atoms with E-state index in [1.54, 1.807) is 22.9 Å². The molecule has 0 saturated carbocycles. The number of carbonyl (C=O) groups is 2. The van der Waals surface area contributed by atoms with Crippen molar-refractivity contribution < 1.29 is 14.7 Å². The fraction of sp³-hybridized carbons (Fsp3) is 0.312. The van der Waals surface area contributed by atoms with Crippen LogP contribution in [-0.4, -0.2) is 32.8 Å². The molecule has 1 aromatic heterocycles. The highest BCUT2D eigenvalue weighted by Gasteiger charge is 2.23. The molecule has 2 rings (SSSR count). The second-order valence-electron chi connectivity index (χ2n) is 5.52. The van der Waals surface area contributed by atoms with Gasteiger partial charge < -0.3 is 10.4 Å². The number of amides is 1. The Morgan fingerprint density at radius 1 is 1.30 bits per heavy atom. The summed E-state index contributed by atoms with van der Waals surface area (Å²) in [5.74, 6) is -1.54. The molecule has 2 N–H and O–H groups in total. The second-order valence-corrected chi connectivity index (χ2v) is 5.96. The Labute approximate surface area is 139 Å². The van der Waals surface area contributed by atoms with Crippen molar-refractivity contribution in [2.75, 3.05) is 0 Å². The number of carbonyl (C=O) groups excluding carboxylic acids is 1. The van der Waals surface area contributed by atoms with Gasteiger partial charge in [-0.3, -0.25) is 9.59 Å². The average molecular weight is 336 g/mol. The molecule has 0 unspecified atom stereocenters. The van der Waals surface area contributed by atoms with Gasteiger partial charge in [0.1, 0.15) is 6.04 Å². The maximum Gasteiger partial charge on any atom is 0.325 e. The van der Waals surface area contributed by atoms with Gasteiger partial charge in [0.25, 0.3) is 5.91 Å². The van der Waals surface area contributed by atoms with Crippen molar-refractivity contribution in [3.8, 4) is 5.69 Å². The number of nitrogens with one attached hydrogen (secondary N) is 1. The lowest BCUT2D eigenvalue weighted by atomic mass is 10.0. The molecule has 0 aliphatic rings. The number of hydrogen-bond acceptors (Lipinski definition) is 3. The molecule has 122 valence electrons. The molecule has 1 amide bonds. The van der Waals surface area contributed by atoms with Gasteiger partial charge in [-0.05, 0) is 31.0 Å². The Morgan fingerprint density at radius 2 is 2.00 bits per heavy atom. The molecule has 7 heteroatoms. The van der Waals surface area contributed by atoms with Crippen molar-refractivity contribution in [3.63, 3.8) is 0 Å². The van der Waals surface area contributed by atoms with E-state index in [9.17, 15) is 9.59 Å². The summed E-state index contributed by atoms with van der Waals surface area (Å²) in [5.41, 5.74) is 1.79. The zero-order valence-electron chi connectivity index (χ0n) is 13.1. The SMILES string of the molecule is CC(C)c1c(C(=O)N[C@H](C)C(=O)O)cnn1-c1cccc(Cl)c1. The standard InChI is InChI=1S/C16H18ClN3O3/c1-9(2)14-13(15(21)19-10(3)16(22)23)8-18-20(14)12-6-4-5-11(17)7-12/h4-10H,1-3H3,(H,19,21)(H,22,23)/t10-/m1/s1. The Bertz CT molecular complexity index is 740. The van der Waals surface area contributed by atoms with Crippen LogP contribution in [0.15, 0.2) is 30.5 Å². The number of benzene rings is 1. The molecular weight excluding hydrogens is 318 g/mol. The zero-order valence-corrected chi connectivity index (χ0v) is 13.8. The van der Waals surface area contributed by atoms with Crippen molar-refractivity contribution in [1.29, 1.82) is 0 Å². The molecule has 23 heavy (non-hydrogen) atoms. The molecule has 0 spiro atoms. The van der Waals surface area contributed by atoms with Gasteiger partial charge in [0.2, 0.25) is 0 Å². The molecule has 1 aromatic carbocycles. The summed E-state index contributed by atoms with van der Waals surface area (Å²) >= 11 is 6.01. The third kappa shape index (κ3) is 3.71. The number of aromatic nitrogens is 2. The van der Waals surface area contributed by atoms with Crippen LogP contribution in [0.5, 0.6) is 0 Å². The molecule has 0 bridgehead atoms. The summed E-state index contributed by atoms with van der Waals surface area (Å²) in [4.78, 5) is 23.2. The highest BCUT2D eigenvalue weighted by atomic mass is 35.5. The first-order valence-corrected chi connectivity index (χ1v) is 7.56. The number of carboxylic acid groups (broad SMARTS) is 1. The molecule has 0 fully saturated rings. The van der Waals surface area contributed by atoms with E-state index in [0.29, 0.717) is 16.3 Å². The first kappa shape index (κ1) is 17.0. The smallest absolute Gasteiger partial charge is 0.325 e. The number of carboxylic acids is 1. The largest absolute Gasteiger partial charge is 0.480 e. The summed E-state index contributed by atoms with van der Waals surface area (Å²) in [6.07, 6.45) is 1.44. The van der Waals surface area contributed by atoms with Crippen molar-refractivity contribution in [3.05, 3.63) is 46.7 Å². The molecule has 6 nitrogen and oxygen atoms in total. The Balaban J connectivity index is 2.43. The van der Waals surface area contributed by atoms with Gasteiger partial charge in [0.15, 0.2) is 0 Å². The maximum atomic E-state index is 12.3. The van der Waals surface area contributed by atoms with Crippen LogP contribution in [0.2, 0.25) is 5.02 Å². The fourth-order valence-electron chi connectivity index (χ4n) is 2.24. The number of halogens is 1. The van der Waals surface area contributed by atoms with Gasteiger partial charge in [-0.15, -0.1) is 0 Å². The van der Waals surface area contributed by atoms with Crippen LogP contribution in [0.25, 0.3) is 5.69 Å². The summed E-state index contributed by atoms with van der Waals surface area (Å²) < 4.78 is 1.65. The van der Waals surface area contributed by atoms with Gasteiger partial charge in [-0.25, -0.2) is 4.68 Å². The van der Waals surface area contributed by atoms with E-state index in [2.05, 4.69) is 10.4 Å². The highest BCUT2D eigenvalue weighted by molar-refractivity contribution is 6.30. The molecular formula is C16H18ClN3O3. The number of hydrogen-bond donors (Lipinski definition) is 2. The summed E-state index contributed by atoms with van der Waals surface area (Å²) in [7, 11) is 0. The molecule has 1 atom stereocenters. The minimum absolute atomic E-state index is 0.0114. The van der Waals surface area contributed by atoms with Crippen LogP contribution in [-0.2, 0) is 4.79 Å². The van der Waals surface area contributed by atoms with Crippen LogP contribution in [0.4, 0.5) is 0 Å². The highest BCUT2D eigenvalue weighted by Crippen LogP contribution is 2.24. The third-order valence-corrected chi connectivity index (χ3v) is 3.60. The average Bonchev–Trinajstić information content (AvgIpc) is 2.92. The number of nitrogens with zero attached hydrogens (tertiary/aromatic N) is 2. The van der Waals surface area contributed by atoms with E-state index in [1.165, 1.54) is 13.1 Å². The van der Waals surface area contributed by atoms with Gasteiger partial charge in [-0.1, -0.05) is 31.5 Å². The molecule has 1 heterocycles. The molecule has 0 aliphatic heterocycles. The van der Waals surface area contributed by atoms with E-state index < -0.39 is 17.9 Å². The quantitative estimate of drug-likeness (QED) is 0.880. The lowest BCUT2D eigenvalue weighted by molar-refractivity contribution is -0.138. The maximum absolute atomic E-state index is 12.3. The van der Waals surface area contributed by atoms with Crippen LogP contribution in [0, 0.1) is 0 Å². The van der Waals surface area contributed by atoms with E-state index in [4.69, 9.17) is 16.7 Å². The molecule has 0 radical (unpaired) electrons. The van der Waals surface area contributed by atoms with Crippen molar-refractivity contribution >= 4 is 23.5 Å². The first-order chi connectivity index (χ1) is 10.8. The Hall–Kier alpha value is -2.34. The minimum atomic E-state index is -1.09. The third-order valence-electron chi connectivity index (χ3n) is 3.37. The van der Waals surface area contributed by atoms with Crippen molar-refractivity contribution in [1.82, 2.24) is 15.1 Å². The van der Waals surface area contributed by atoms with Crippen LogP contribution in [0.3, 0.4) is 0 Å². The van der Waals surface area contributed by atoms with E-state index >= 15 is 0 Å². The fourth-order valence-corrected chi connectivity index (χ4v) is 2.42. The van der Waals surface area contributed by atoms with Crippen molar-refractivity contribution in [2.45, 2.75) is 32.7 Å². The molecule has 0 saturated heterocycles. The number of rotatable bonds is 5. The number of aliphatic carboxylic acids is 1. The summed E-state index contributed by atoms with van der Waals surface area (Å²) in [5, 5.41) is 16.2. The van der Waals surface area contributed by atoms with E-state index in [1.807, 2.05) is 19.9 Å². The topological polar surface area (TPSA) is 84.2 Å². The predicted octanol–water partition coefficient (Wildman–Crippen LogP) is 2.85. The molecule has 0 aliphatic carbocycles. The molecule has 2 aromatic rings. The van der Waals surface area contributed by atoms with Gasteiger partial charge in [-0.2, -0.15) is 5.10 Å². The van der Waals surface area contributed by atoms with Crippen LogP contribution in [0.1, 0.15) is 42.7 Å². The van der Waals surface area contributed by atoms with Crippen LogP contribution >= 0.6 is 11.6 Å². The zero-order chi connectivity index (χ0) is 17.1. The van der Waals surface area contributed by atoms with E-state index in [-0.39, 0.29) is 5.92 Å². The summed E-state index contributed by atoms with van der Waals surface area (Å²) in [6.45, 7) is 5.29. The minimum Gasteiger partial charge on any atom is -0.480 e. The van der Waals surface area contributed by atoms with E-state index in [0.717, 1.165) is 5.69 Å². The predicted molar refractivity (Wildman–Crippen MR) is 87.2 cm³/mol. The second kappa shape index (κ2) is 6.83. The normalized spacial score (nSPS) is 12.2. The summed E-state index contributed by atoms with van der Waals surface area (Å²) in [6, 6.07) is 6.17. The Morgan fingerprint density at radius 3 is 2.57 bits per heavy atom.